The lowest BCUT2D eigenvalue weighted by atomic mass is 10.4. The molecule has 1 aliphatic rings. The second-order valence-electron chi connectivity index (χ2n) is 6.15. The first-order valence-electron chi connectivity index (χ1n) is 8.64. The number of likely N-dealkylation sites (N-methyl/N-ethyl adjacent to an activating group) is 1. The van der Waals surface area contributed by atoms with E-state index in [9.17, 15) is 14.4 Å². The number of hydrogen-bond donors (Lipinski definition) is 2. The van der Waals surface area contributed by atoms with Gasteiger partial charge in [0.15, 0.2) is 5.13 Å². The maximum atomic E-state index is 12.4. The third kappa shape index (κ3) is 4.86. The van der Waals surface area contributed by atoms with Crippen molar-refractivity contribution in [2.45, 2.75) is 6.92 Å². The quantitative estimate of drug-likeness (QED) is 0.692. The van der Waals surface area contributed by atoms with Gasteiger partial charge in [-0.2, -0.15) is 0 Å². The summed E-state index contributed by atoms with van der Waals surface area (Å²) in [5.41, 5.74) is 5.33. The van der Waals surface area contributed by atoms with Crippen molar-refractivity contribution in [3.63, 3.8) is 0 Å². The van der Waals surface area contributed by atoms with Crippen LogP contribution < -0.4 is 15.8 Å². The van der Waals surface area contributed by atoms with Crippen LogP contribution in [0.2, 0.25) is 0 Å². The van der Waals surface area contributed by atoms with Crippen LogP contribution in [0.3, 0.4) is 0 Å². The van der Waals surface area contributed by atoms with Crippen molar-refractivity contribution in [3.8, 4) is 0 Å². The van der Waals surface area contributed by atoms with Crippen LogP contribution in [-0.2, 0) is 9.53 Å². The third-order valence-electron chi connectivity index (χ3n) is 4.05. The number of ether oxygens (including phenoxy) is 1. The summed E-state index contributed by atoms with van der Waals surface area (Å²) in [7, 11) is 1.53. The number of thiazole rings is 1. The van der Waals surface area contributed by atoms with Crippen LogP contribution >= 0.6 is 22.7 Å². The van der Waals surface area contributed by atoms with E-state index in [1.807, 2.05) is 0 Å². The molecule has 2 aromatic rings. The average Bonchev–Trinajstić information content (AvgIpc) is 3.36. The molecule has 0 atom stereocenters. The van der Waals surface area contributed by atoms with Crippen LogP contribution in [0.15, 0.2) is 17.5 Å². The van der Waals surface area contributed by atoms with Crippen molar-refractivity contribution in [1.29, 1.82) is 0 Å². The molecule has 0 bridgehead atoms. The number of hydrogen-bond acceptors (Lipinski definition) is 8. The smallest absolute Gasteiger partial charge is 0.281 e. The van der Waals surface area contributed by atoms with Crippen molar-refractivity contribution in [1.82, 2.24) is 20.7 Å². The minimum atomic E-state index is -0.490. The molecule has 0 spiro atoms. The number of aromatic nitrogens is 1. The molecule has 2 aromatic heterocycles. The number of thiophene rings is 1. The largest absolute Gasteiger partial charge is 0.378 e. The van der Waals surface area contributed by atoms with Gasteiger partial charge in [0.05, 0.1) is 23.8 Å². The Morgan fingerprint density at radius 2 is 2.04 bits per heavy atom. The average molecular weight is 424 g/mol. The third-order valence-corrected chi connectivity index (χ3v) is 6.12. The maximum Gasteiger partial charge on any atom is 0.281 e. The first kappa shape index (κ1) is 20.2. The Kier molecular flexibility index (Phi) is 6.60. The van der Waals surface area contributed by atoms with E-state index < -0.39 is 11.8 Å². The van der Waals surface area contributed by atoms with Gasteiger partial charge in [0.1, 0.15) is 11.4 Å². The van der Waals surface area contributed by atoms with Gasteiger partial charge in [-0.1, -0.05) is 17.4 Å². The van der Waals surface area contributed by atoms with Crippen LogP contribution in [-0.4, -0.2) is 67.5 Å². The van der Waals surface area contributed by atoms with Gasteiger partial charge in [-0.05, 0) is 18.4 Å². The molecule has 1 saturated heterocycles. The Morgan fingerprint density at radius 1 is 1.29 bits per heavy atom. The number of nitrogens with one attached hydrogen (secondary N) is 2. The standard InChI is InChI=1S/C17H21N5O4S2/c1-11-14(28-17(18-11)22-5-7-26-8-6-22)15(24)20-19-13(23)10-21(2)16(25)12-4-3-9-27-12/h3-4,9H,5-8,10H2,1-2H3,(H,19,23)(H,20,24). The zero-order valence-corrected chi connectivity index (χ0v) is 17.2. The van der Waals surface area contributed by atoms with E-state index in [0.29, 0.717) is 28.7 Å². The summed E-state index contributed by atoms with van der Waals surface area (Å²) >= 11 is 2.58. The molecule has 0 radical (unpaired) electrons. The normalized spacial score (nSPS) is 13.9. The lowest BCUT2D eigenvalue weighted by molar-refractivity contribution is -0.122. The number of anilines is 1. The second-order valence-corrected chi connectivity index (χ2v) is 8.08. The van der Waals surface area contributed by atoms with E-state index in [-0.39, 0.29) is 12.5 Å². The second kappa shape index (κ2) is 9.13. The lowest BCUT2D eigenvalue weighted by Crippen LogP contribution is -2.46. The monoisotopic (exact) mass is 423 g/mol. The van der Waals surface area contributed by atoms with Crippen LogP contribution in [0.5, 0.6) is 0 Å². The summed E-state index contributed by atoms with van der Waals surface area (Å²) in [4.78, 5) is 45.4. The van der Waals surface area contributed by atoms with Gasteiger partial charge in [-0.3, -0.25) is 25.2 Å². The van der Waals surface area contributed by atoms with E-state index in [4.69, 9.17) is 4.74 Å². The first-order valence-corrected chi connectivity index (χ1v) is 10.3. The molecular formula is C17H21N5O4S2. The van der Waals surface area contributed by atoms with E-state index in [1.165, 1.54) is 34.6 Å². The fraction of sp³-hybridized carbons (Fsp3) is 0.412. The van der Waals surface area contributed by atoms with Crippen LogP contribution in [0, 0.1) is 6.92 Å². The summed E-state index contributed by atoms with van der Waals surface area (Å²) in [6, 6.07) is 3.47. The van der Waals surface area contributed by atoms with Gasteiger partial charge in [-0.25, -0.2) is 4.98 Å². The van der Waals surface area contributed by atoms with E-state index in [0.717, 1.165) is 18.2 Å². The van der Waals surface area contributed by atoms with Gasteiger partial charge in [-0.15, -0.1) is 11.3 Å². The molecule has 28 heavy (non-hydrogen) atoms. The fourth-order valence-electron chi connectivity index (χ4n) is 2.58. The SMILES string of the molecule is Cc1nc(N2CCOCC2)sc1C(=O)NNC(=O)CN(C)C(=O)c1cccs1. The number of aryl methyl sites for hydroxylation is 1. The predicted molar refractivity (Wildman–Crippen MR) is 107 cm³/mol. The van der Waals surface area contributed by atoms with Crippen LogP contribution in [0.25, 0.3) is 0 Å². The molecule has 3 heterocycles. The van der Waals surface area contributed by atoms with Gasteiger partial charge in [0.25, 0.3) is 17.7 Å². The van der Waals surface area contributed by atoms with Gasteiger partial charge >= 0.3 is 0 Å². The highest BCUT2D eigenvalue weighted by molar-refractivity contribution is 7.17. The molecule has 11 heteroatoms. The molecule has 2 N–H and O–H groups in total. The van der Waals surface area contributed by atoms with Gasteiger partial charge in [0, 0.05) is 20.1 Å². The van der Waals surface area contributed by atoms with E-state index in [2.05, 4.69) is 20.7 Å². The van der Waals surface area contributed by atoms with Crippen molar-refractivity contribution >= 4 is 45.5 Å². The summed E-state index contributed by atoms with van der Waals surface area (Å²) in [5.74, 6) is -1.17. The van der Waals surface area contributed by atoms with Crippen molar-refractivity contribution < 1.29 is 19.1 Å². The molecule has 0 saturated carbocycles. The summed E-state index contributed by atoms with van der Waals surface area (Å²) in [5, 5.41) is 2.56. The Balaban J connectivity index is 1.51. The van der Waals surface area contributed by atoms with Gasteiger partial charge in [0.2, 0.25) is 0 Å². The number of carbonyl (C=O) groups excluding carboxylic acids is 3. The van der Waals surface area contributed by atoms with Crippen LogP contribution in [0.1, 0.15) is 25.0 Å². The van der Waals surface area contributed by atoms with Gasteiger partial charge < -0.3 is 14.5 Å². The number of carbonyl (C=O) groups is 3. The minimum Gasteiger partial charge on any atom is -0.378 e. The molecular weight excluding hydrogens is 402 g/mol. The highest BCUT2D eigenvalue weighted by Gasteiger charge is 2.21. The van der Waals surface area contributed by atoms with Crippen molar-refractivity contribution in [2.75, 3.05) is 44.8 Å². The summed E-state index contributed by atoms with van der Waals surface area (Å²) < 4.78 is 5.32. The molecule has 0 aliphatic carbocycles. The Labute approximate surface area is 170 Å². The highest BCUT2D eigenvalue weighted by Crippen LogP contribution is 2.26. The minimum absolute atomic E-state index is 0.169. The first-order chi connectivity index (χ1) is 13.5. The number of amides is 3. The van der Waals surface area contributed by atoms with Crippen molar-refractivity contribution in [2.24, 2.45) is 0 Å². The molecule has 1 aliphatic heterocycles. The number of hydrazine groups is 1. The molecule has 1 fully saturated rings. The van der Waals surface area contributed by atoms with E-state index >= 15 is 0 Å². The topological polar surface area (TPSA) is 104 Å². The zero-order valence-electron chi connectivity index (χ0n) is 15.6. The predicted octanol–water partition coefficient (Wildman–Crippen LogP) is 0.883. The number of rotatable bonds is 5. The molecule has 9 nitrogen and oxygen atoms in total. The zero-order chi connectivity index (χ0) is 20.1. The fourth-order valence-corrected chi connectivity index (χ4v) is 4.31. The maximum absolute atomic E-state index is 12.4. The molecule has 0 aromatic carbocycles. The summed E-state index contributed by atoms with van der Waals surface area (Å²) in [6.45, 7) is 4.31. The lowest BCUT2D eigenvalue weighted by Gasteiger charge is -2.25. The summed E-state index contributed by atoms with van der Waals surface area (Å²) in [6.07, 6.45) is 0. The molecule has 3 amide bonds. The molecule has 0 unspecified atom stereocenters. The van der Waals surface area contributed by atoms with Crippen LogP contribution in [0.4, 0.5) is 5.13 Å². The van der Waals surface area contributed by atoms with Crippen molar-refractivity contribution in [3.05, 3.63) is 33.0 Å². The van der Waals surface area contributed by atoms with E-state index in [1.54, 1.807) is 24.4 Å². The Hall–Kier alpha value is -2.50. The number of morpholine rings is 1. The molecule has 3 rings (SSSR count). The number of nitrogens with zero attached hydrogens (tertiary/aromatic N) is 3. The Bertz CT molecular complexity index is 846. The molecule has 150 valence electrons. The highest BCUT2D eigenvalue weighted by atomic mass is 32.1. The Morgan fingerprint density at radius 3 is 2.71 bits per heavy atom.